The normalized spacial score (nSPS) is 9.79. The SMILES string of the molecule is [B]c1ccc(C(=O)NCCOC)cc1. The molecule has 0 heterocycles. The van der Waals surface area contributed by atoms with Crippen molar-refractivity contribution in [3.05, 3.63) is 29.8 Å². The largest absolute Gasteiger partial charge is 0.383 e. The molecule has 1 amide bonds. The summed E-state index contributed by atoms with van der Waals surface area (Å²) in [6.07, 6.45) is 0. The second kappa shape index (κ2) is 5.45. The molecular formula is C10H12BNO2. The molecule has 14 heavy (non-hydrogen) atoms. The minimum Gasteiger partial charge on any atom is -0.383 e. The minimum absolute atomic E-state index is 0.109. The van der Waals surface area contributed by atoms with Crippen LogP contribution in [0, 0.1) is 0 Å². The van der Waals surface area contributed by atoms with Crippen LogP contribution >= 0.6 is 0 Å². The summed E-state index contributed by atoms with van der Waals surface area (Å²) in [4.78, 5) is 11.4. The fraction of sp³-hybridized carbons (Fsp3) is 0.300. The number of ether oxygens (including phenoxy) is 1. The summed E-state index contributed by atoms with van der Waals surface area (Å²) >= 11 is 0. The van der Waals surface area contributed by atoms with Gasteiger partial charge in [0.1, 0.15) is 7.85 Å². The van der Waals surface area contributed by atoms with Crippen LogP contribution in [-0.4, -0.2) is 34.0 Å². The number of carbonyl (C=O) groups excluding carboxylic acids is 1. The van der Waals surface area contributed by atoms with E-state index in [4.69, 9.17) is 12.6 Å². The molecule has 0 fully saturated rings. The average Bonchev–Trinajstić information content (AvgIpc) is 2.19. The van der Waals surface area contributed by atoms with Crippen molar-refractivity contribution in [1.29, 1.82) is 0 Å². The molecule has 72 valence electrons. The van der Waals surface area contributed by atoms with Gasteiger partial charge in [0.25, 0.3) is 5.91 Å². The van der Waals surface area contributed by atoms with Crippen molar-refractivity contribution in [3.63, 3.8) is 0 Å². The summed E-state index contributed by atoms with van der Waals surface area (Å²) in [7, 11) is 7.09. The molecule has 0 aliphatic rings. The molecule has 1 rings (SSSR count). The fourth-order valence-electron chi connectivity index (χ4n) is 1.00. The van der Waals surface area contributed by atoms with Crippen molar-refractivity contribution in [2.75, 3.05) is 20.3 Å². The molecule has 1 aromatic carbocycles. The topological polar surface area (TPSA) is 38.3 Å². The third-order valence-electron chi connectivity index (χ3n) is 1.76. The Hall–Kier alpha value is -1.29. The molecule has 3 nitrogen and oxygen atoms in total. The first-order chi connectivity index (χ1) is 6.74. The fourth-order valence-corrected chi connectivity index (χ4v) is 1.00. The lowest BCUT2D eigenvalue weighted by Crippen LogP contribution is -2.27. The Labute approximate surface area is 84.9 Å². The highest BCUT2D eigenvalue weighted by atomic mass is 16.5. The molecule has 0 aliphatic carbocycles. The minimum atomic E-state index is -0.109. The van der Waals surface area contributed by atoms with Gasteiger partial charge >= 0.3 is 0 Å². The molecule has 0 bridgehead atoms. The Morgan fingerprint density at radius 2 is 2.07 bits per heavy atom. The number of hydrogen-bond acceptors (Lipinski definition) is 2. The van der Waals surface area contributed by atoms with E-state index in [9.17, 15) is 4.79 Å². The zero-order valence-electron chi connectivity index (χ0n) is 8.12. The monoisotopic (exact) mass is 189 g/mol. The first kappa shape index (κ1) is 10.8. The van der Waals surface area contributed by atoms with E-state index in [1.807, 2.05) is 0 Å². The summed E-state index contributed by atoms with van der Waals surface area (Å²) in [5.41, 5.74) is 1.26. The van der Waals surface area contributed by atoms with Crippen molar-refractivity contribution in [2.45, 2.75) is 0 Å². The lowest BCUT2D eigenvalue weighted by Gasteiger charge is -2.04. The third kappa shape index (κ3) is 3.22. The number of amides is 1. The lowest BCUT2D eigenvalue weighted by atomic mass is 9.95. The van der Waals surface area contributed by atoms with E-state index in [2.05, 4.69) is 5.32 Å². The Kier molecular flexibility index (Phi) is 4.20. The quantitative estimate of drug-likeness (QED) is 0.528. The maximum atomic E-state index is 11.4. The summed E-state index contributed by atoms with van der Waals surface area (Å²) in [6.45, 7) is 1.03. The molecule has 0 atom stereocenters. The molecule has 1 N–H and O–H groups in total. The molecule has 0 aromatic heterocycles. The lowest BCUT2D eigenvalue weighted by molar-refractivity contribution is 0.0937. The maximum absolute atomic E-state index is 11.4. The van der Waals surface area contributed by atoms with E-state index in [0.717, 1.165) is 0 Å². The number of benzene rings is 1. The van der Waals surface area contributed by atoms with Crippen LogP contribution in [0.2, 0.25) is 0 Å². The molecular weight excluding hydrogens is 177 g/mol. The van der Waals surface area contributed by atoms with Gasteiger partial charge in [-0.1, -0.05) is 29.7 Å². The van der Waals surface area contributed by atoms with Gasteiger partial charge in [0.15, 0.2) is 0 Å². The van der Waals surface area contributed by atoms with Crippen LogP contribution < -0.4 is 10.8 Å². The summed E-state index contributed by atoms with van der Waals surface area (Å²) in [6, 6.07) is 6.78. The Morgan fingerprint density at radius 1 is 1.43 bits per heavy atom. The van der Waals surface area contributed by atoms with E-state index in [1.165, 1.54) is 0 Å². The van der Waals surface area contributed by atoms with Gasteiger partial charge in [0.2, 0.25) is 0 Å². The van der Waals surface area contributed by atoms with Crippen molar-refractivity contribution in [3.8, 4) is 0 Å². The first-order valence-corrected chi connectivity index (χ1v) is 4.36. The average molecular weight is 189 g/mol. The highest BCUT2D eigenvalue weighted by Crippen LogP contribution is 1.95. The number of methoxy groups -OCH3 is 1. The second-order valence-corrected chi connectivity index (χ2v) is 2.87. The highest BCUT2D eigenvalue weighted by molar-refractivity contribution is 6.32. The zero-order chi connectivity index (χ0) is 10.4. The van der Waals surface area contributed by atoms with Crippen LogP contribution in [0.1, 0.15) is 10.4 Å². The smallest absolute Gasteiger partial charge is 0.251 e. The summed E-state index contributed by atoms with van der Waals surface area (Å²) < 4.78 is 4.81. The number of hydrogen-bond donors (Lipinski definition) is 1. The molecule has 0 aliphatic heterocycles. The summed E-state index contributed by atoms with van der Waals surface area (Å²) in [5, 5.41) is 2.71. The Balaban J connectivity index is 2.48. The standard InChI is InChI=1S/C10H12BNO2/c1-14-7-6-12-10(13)8-2-4-9(11)5-3-8/h2-5H,6-7H2,1H3,(H,12,13). The molecule has 0 unspecified atom stereocenters. The van der Waals surface area contributed by atoms with Crippen LogP contribution in [0.3, 0.4) is 0 Å². The van der Waals surface area contributed by atoms with E-state index >= 15 is 0 Å². The van der Waals surface area contributed by atoms with Gasteiger partial charge in [-0.25, -0.2) is 0 Å². The molecule has 4 heteroatoms. The van der Waals surface area contributed by atoms with Crippen molar-refractivity contribution >= 4 is 19.2 Å². The van der Waals surface area contributed by atoms with Crippen LogP contribution in [0.15, 0.2) is 24.3 Å². The van der Waals surface area contributed by atoms with Gasteiger partial charge in [-0.2, -0.15) is 0 Å². The maximum Gasteiger partial charge on any atom is 0.251 e. The Bertz CT molecular complexity index is 297. The molecule has 1 aromatic rings. The van der Waals surface area contributed by atoms with Crippen molar-refractivity contribution in [1.82, 2.24) is 5.32 Å². The Morgan fingerprint density at radius 3 is 2.64 bits per heavy atom. The van der Waals surface area contributed by atoms with Crippen molar-refractivity contribution < 1.29 is 9.53 Å². The second-order valence-electron chi connectivity index (χ2n) is 2.87. The molecule has 0 spiro atoms. The molecule has 2 radical (unpaired) electrons. The van der Waals surface area contributed by atoms with Crippen LogP contribution in [0.4, 0.5) is 0 Å². The van der Waals surface area contributed by atoms with E-state index < -0.39 is 0 Å². The number of rotatable bonds is 4. The predicted molar refractivity (Wildman–Crippen MR) is 56.0 cm³/mol. The van der Waals surface area contributed by atoms with E-state index in [0.29, 0.717) is 24.2 Å². The van der Waals surface area contributed by atoms with Crippen LogP contribution in [0.25, 0.3) is 0 Å². The van der Waals surface area contributed by atoms with Gasteiger partial charge < -0.3 is 10.1 Å². The highest BCUT2D eigenvalue weighted by Gasteiger charge is 2.02. The number of nitrogens with one attached hydrogen (secondary N) is 1. The number of carbonyl (C=O) groups is 1. The van der Waals surface area contributed by atoms with Gasteiger partial charge in [-0.3, -0.25) is 4.79 Å². The van der Waals surface area contributed by atoms with Gasteiger partial charge in [0.05, 0.1) is 6.61 Å². The van der Waals surface area contributed by atoms with E-state index in [-0.39, 0.29) is 5.91 Å². The summed E-state index contributed by atoms with van der Waals surface area (Å²) in [5.74, 6) is -0.109. The molecule has 0 saturated carbocycles. The van der Waals surface area contributed by atoms with Crippen LogP contribution in [0.5, 0.6) is 0 Å². The van der Waals surface area contributed by atoms with Gasteiger partial charge in [-0.05, 0) is 0 Å². The van der Waals surface area contributed by atoms with E-state index in [1.54, 1.807) is 31.4 Å². The van der Waals surface area contributed by atoms with Crippen molar-refractivity contribution in [2.24, 2.45) is 0 Å². The third-order valence-corrected chi connectivity index (χ3v) is 1.76. The molecule has 0 saturated heterocycles. The first-order valence-electron chi connectivity index (χ1n) is 4.36. The van der Waals surface area contributed by atoms with Gasteiger partial charge in [-0.15, -0.1) is 0 Å². The predicted octanol–water partition coefficient (Wildman–Crippen LogP) is -0.143. The zero-order valence-corrected chi connectivity index (χ0v) is 8.12. The van der Waals surface area contributed by atoms with Crippen LogP contribution in [-0.2, 0) is 4.74 Å². The van der Waals surface area contributed by atoms with Gasteiger partial charge in [0, 0.05) is 19.2 Å².